The Kier molecular flexibility index (Phi) is 3.64. The largest absolute Gasteiger partial charge is 0.297 e. The summed E-state index contributed by atoms with van der Waals surface area (Å²) in [5.41, 5.74) is -0.736. The van der Waals surface area contributed by atoms with Crippen molar-refractivity contribution in [3.05, 3.63) is 33.8 Å². The summed E-state index contributed by atoms with van der Waals surface area (Å²) >= 11 is 12.3. The molecule has 0 aromatic heterocycles. The Morgan fingerprint density at radius 1 is 1.26 bits per heavy atom. The van der Waals surface area contributed by atoms with Crippen molar-refractivity contribution in [1.29, 1.82) is 5.26 Å². The molecule has 4 heteroatoms. The van der Waals surface area contributed by atoms with Crippen molar-refractivity contribution in [2.75, 3.05) is 0 Å². The summed E-state index contributed by atoms with van der Waals surface area (Å²) in [6.45, 7) is 3.78. The van der Waals surface area contributed by atoms with E-state index in [0.717, 1.165) is 6.42 Å². The number of benzene rings is 1. The number of ketones is 1. The van der Waals surface area contributed by atoms with E-state index in [-0.39, 0.29) is 5.78 Å². The number of rotatable bonds is 2. The van der Waals surface area contributed by atoms with E-state index >= 15 is 0 Å². The van der Waals surface area contributed by atoms with Crippen molar-refractivity contribution in [1.82, 2.24) is 0 Å². The van der Waals surface area contributed by atoms with Gasteiger partial charge in [0.05, 0.1) is 6.07 Å². The Hall–Kier alpha value is -1.04. The van der Waals surface area contributed by atoms with E-state index in [1.54, 1.807) is 18.2 Å². The van der Waals surface area contributed by atoms with Crippen LogP contribution in [0.15, 0.2) is 18.2 Å². The summed E-state index contributed by atoms with van der Waals surface area (Å²) in [6.07, 6.45) is 1.59. The lowest BCUT2D eigenvalue weighted by atomic mass is 9.77. The third-order valence-electron chi connectivity index (χ3n) is 3.98. The van der Waals surface area contributed by atoms with E-state index in [2.05, 4.69) is 6.07 Å². The molecule has 1 fully saturated rings. The number of nitrogens with zero attached hydrogens (tertiary/aromatic N) is 1. The molecule has 1 aromatic rings. The number of carbonyl (C=O) groups is 1. The Morgan fingerprint density at radius 2 is 1.84 bits per heavy atom. The molecule has 100 valence electrons. The minimum atomic E-state index is -0.988. The second kappa shape index (κ2) is 4.81. The highest BCUT2D eigenvalue weighted by atomic mass is 35.5. The SMILES string of the molecule is CC1(C)CCC(C#N)(Cc2c(Cl)cccc2Cl)C1=O. The van der Waals surface area contributed by atoms with Gasteiger partial charge in [-0.3, -0.25) is 4.79 Å². The van der Waals surface area contributed by atoms with Crippen molar-refractivity contribution in [2.45, 2.75) is 33.1 Å². The van der Waals surface area contributed by atoms with Gasteiger partial charge in [0.15, 0.2) is 5.78 Å². The Morgan fingerprint density at radius 3 is 2.26 bits per heavy atom. The molecule has 19 heavy (non-hydrogen) atoms. The van der Waals surface area contributed by atoms with Gasteiger partial charge in [0, 0.05) is 21.9 Å². The molecule has 0 aliphatic heterocycles. The van der Waals surface area contributed by atoms with Gasteiger partial charge in [0.1, 0.15) is 5.41 Å². The van der Waals surface area contributed by atoms with Gasteiger partial charge in [-0.05, 0) is 30.5 Å². The molecular weight excluding hydrogens is 281 g/mol. The number of hydrogen-bond acceptors (Lipinski definition) is 2. The molecule has 0 bridgehead atoms. The van der Waals surface area contributed by atoms with Crippen LogP contribution in [0.2, 0.25) is 10.0 Å². The maximum atomic E-state index is 12.5. The van der Waals surface area contributed by atoms with Crippen molar-refractivity contribution >= 4 is 29.0 Å². The average molecular weight is 296 g/mol. The van der Waals surface area contributed by atoms with Crippen LogP contribution >= 0.6 is 23.2 Å². The maximum Gasteiger partial charge on any atom is 0.158 e. The van der Waals surface area contributed by atoms with Crippen LogP contribution in [0.5, 0.6) is 0 Å². The third kappa shape index (κ3) is 2.38. The number of hydrogen-bond donors (Lipinski definition) is 0. The first kappa shape index (κ1) is 14.4. The van der Waals surface area contributed by atoms with Crippen molar-refractivity contribution in [3.63, 3.8) is 0 Å². The molecule has 2 rings (SSSR count). The van der Waals surface area contributed by atoms with E-state index in [1.807, 2.05) is 13.8 Å². The predicted octanol–water partition coefficient (Wildman–Crippen LogP) is 4.43. The predicted molar refractivity (Wildman–Crippen MR) is 76.2 cm³/mol. The fourth-order valence-electron chi connectivity index (χ4n) is 2.72. The Labute approximate surface area is 123 Å². The van der Waals surface area contributed by atoms with Crippen LogP contribution in [0, 0.1) is 22.2 Å². The number of carbonyl (C=O) groups excluding carboxylic acids is 1. The third-order valence-corrected chi connectivity index (χ3v) is 4.69. The standard InChI is InChI=1S/C15H15Cl2NO/c1-14(2)6-7-15(9-18,13(14)19)8-10-11(16)4-3-5-12(10)17/h3-5H,6-8H2,1-2H3. The summed E-state index contributed by atoms with van der Waals surface area (Å²) in [4.78, 5) is 12.5. The minimum Gasteiger partial charge on any atom is -0.297 e. The monoisotopic (exact) mass is 295 g/mol. The van der Waals surface area contributed by atoms with E-state index in [4.69, 9.17) is 23.2 Å². The topological polar surface area (TPSA) is 40.9 Å². The molecule has 0 radical (unpaired) electrons. The summed E-state index contributed by atoms with van der Waals surface area (Å²) in [6, 6.07) is 7.45. The fourth-order valence-corrected chi connectivity index (χ4v) is 3.25. The van der Waals surface area contributed by atoms with Gasteiger partial charge in [0.25, 0.3) is 0 Å². The van der Waals surface area contributed by atoms with Crippen LogP contribution in [0.4, 0.5) is 0 Å². The highest BCUT2D eigenvalue weighted by Gasteiger charge is 2.52. The normalized spacial score (nSPS) is 25.3. The van der Waals surface area contributed by atoms with Gasteiger partial charge >= 0.3 is 0 Å². The molecule has 0 amide bonds. The van der Waals surface area contributed by atoms with Crippen molar-refractivity contribution in [3.8, 4) is 6.07 Å². The van der Waals surface area contributed by atoms with Crippen molar-refractivity contribution < 1.29 is 4.79 Å². The van der Waals surface area contributed by atoms with Crippen LogP contribution in [-0.4, -0.2) is 5.78 Å². The molecule has 0 spiro atoms. The van der Waals surface area contributed by atoms with Crippen LogP contribution in [-0.2, 0) is 11.2 Å². The first-order valence-electron chi connectivity index (χ1n) is 6.21. The second-order valence-corrected chi connectivity index (χ2v) is 6.60. The molecule has 1 aliphatic carbocycles. The lowest BCUT2D eigenvalue weighted by Gasteiger charge is -2.23. The van der Waals surface area contributed by atoms with E-state index < -0.39 is 10.8 Å². The Bertz CT molecular complexity index is 554. The lowest BCUT2D eigenvalue weighted by molar-refractivity contribution is -0.130. The number of Topliss-reactive ketones (excluding diaryl/α,β-unsaturated/α-hetero) is 1. The highest BCUT2D eigenvalue weighted by molar-refractivity contribution is 6.36. The Balaban J connectivity index is 2.42. The molecule has 1 unspecified atom stereocenters. The van der Waals surface area contributed by atoms with Gasteiger partial charge in [0.2, 0.25) is 0 Å². The van der Waals surface area contributed by atoms with Gasteiger partial charge in [-0.2, -0.15) is 5.26 Å². The quantitative estimate of drug-likeness (QED) is 0.809. The van der Waals surface area contributed by atoms with Crippen LogP contribution < -0.4 is 0 Å². The highest BCUT2D eigenvalue weighted by Crippen LogP contribution is 2.48. The minimum absolute atomic E-state index is 0.00140. The number of nitriles is 1. The molecule has 0 saturated heterocycles. The molecule has 1 aromatic carbocycles. The summed E-state index contributed by atoms with van der Waals surface area (Å²) < 4.78 is 0. The van der Waals surface area contributed by atoms with Gasteiger partial charge in [-0.1, -0.05) is 43.1 Å². The maximum absolute atomic E-state index is 12.5. The molecule has 1 atom stereocenters. The summed E-state index contributed by atoms with van der Waals surface area (Å²) in [7, 11) is 0. The number of halogens is 2. The zero-order valence-corrected chi connectivity index (χ0v) is 12.5. The van der Waals surface area contributed by atoms with Crippen LogP contribution in [0.3, 0.4) is 0 Å². The van der Waals surface area contributed by atoms with Crippen LogP contribution in [0.1, 0.15) is 32.3 Å². The van der Waals surface area contributed by atoms with Crippen molar-refractivity contribution in [2.24, 2.45) is 10.8 Å². The van der Waals surface area contributed by atoms with E-state index in [0.29, 0.717) is 28.5 Å². The second-order valence-electron chi connectivity index (χ2n) is 5.78. The lowest BCUT2D eigenvalue weighted by Crippen LogP contribution is -2.33. The average Bonchev–Trinajstić information content (AvgIpc) is 2.59. The molecule has 0 heterocycles. The fraction of sp³-hybridized carbons (Fsp3) is 0.467. The van der Waals surface area contributed by atoms with Gasteiger partial charge in [-0.15, -0.1) is 0 Å². The molecule has 2 nitrogen and oxygen atoms in total. The van der Waals surface area contributed by atoms with Gasteiger partial charge in [-0.25, -0.2) is 0 Å². The van der Waals surface area contributed by atoms with E-state index in [9.17, 15) is 10.1 Å². The molecule has 1 saturated carbocycles. The van der Waals surface area contributed by atoms with E-state index in [1.165, 1.54) is 0 Å². The first-order valence-corrected chi connectivity index (χ1v) is 6.97. The molecular formula is C15H15Cl2NO. The zero-order chi connectivity index (χ0) is 14.3. The first-order chi connectivity index (χ1) is 8.82. The molecule has 1 aliphatic rings. The van der Waals surface area contributed by atoms with Gasteiger partial charge < -0.3 is 0 Å². The summed E-state index contributed by atoms with van der Waals surface area (Å²) in [5, 5.41) is 10.5. The summed E-state index contributed by atoms with van der Waals surface area (Å²) in [5.74, 6) is -0.00140. The smallest absolute Gasteiger partial charge is 0.158 e. The van der Waals surface area contributed by atoms with Crippen LogP contribution in [0.25, 0.3) is 0 Å². The zero-order valence-electron chi connectivity index (χ0n) is 11.0. The molecule has 0 N–H and O–H groups in total.